The molecular weight excluding hydrogens is 164 g/mol. The summed E-state index contributed by atoms with van der Waals surface area (Å²) in [5.74, 6) is 5.85. The van der Waals surface area contributed by atoms with E-state index in [4.69, 9.17) is 4.74 Å². The number of ether oxygens (including phenoxy) is 1. The van der Waals surface area contributed by atoms with Crippen LogP contribution < -0.4 is 0 Å². The first-order valence-electron chi connectivity index (χ1n) is 4.77. The largest absolute Gasteiger partial charge is 0.381 e. The topological polar surface area (TPSA) is 26.3 Å². The summed E-state index contributed by atoms with van der Waals surface area (Å²) >= 11 is 0. The number of hydrogen-bond donors (Lipinski definition) is 0. The zero-order valence-corrected chi connectivity index (χ0v) is 8.14. The molecule has 0 aliphatic carbocycles. The van der Waals surface area contributed by atoms with E-state index >= 15 is 0 Å². The molecule has 0 spiro atoms. The molecule has 1 rings (SSSR count). The summed E-state index contributed by atoms with van der Waals surface area (Å²) in [5.41, 5.74) is -0.223. The summed E-state index contributed by atoms with van der Waals surface area (Å²) in [6, 6.07) is 0. The number of aldehydes is 1. The van der Waals surface area contributed by atoms with Crippen LogP contribution in [0.15, 0.2) is 0 Å². The quantitative estimate of drug-likeness (QED) is 0.478. The smallest absolute Gasteiger partial charge is 0.127 e. The number of hydrogen-bond acceptors (Lipinski definition) is 2. The van der Waals surface area contributed by atoms with Gasteiger partial charge in [0.2, 0.25) is 0 Å². The predicted molar refractivity (Wildman–Crippen MR) is 51.2 cm³/mol. The highest BCUT2D eigenvalue weighted by Crippen LogP contribution is 2.31. The van der Waals surface area contributed by atoms with E-state index < -0.39 is 0 Å². The zero-order chi connectivity index (χ0) is 9.57. The van der Waals surface area contributed by atoms with Crippen LogP contribution in [0.3, 0.4) is 0 Å². The van der Waals surface area contributed by atoms with Gasteiger partial charge < -0.3 is 9.53 Å². The molecule has 2 heteroatoms. The molecular formula is C11H16O2. The monoisotopic (exact) mass is 180 g/mol. The van der Waals surface area contributed by atoms with Crippen molar-refractivity contribution in [3.05, 3.63) is 0 Å². The Morgan fingerprint density at radius 3 is 3.00 bits per heavy atom. The van der Waals surface area contributed by atoms with Crippen LogP contribution in [0.25, 0.3) is 0 Å². The van der Waals surface area contributed by atoms with Crippen molar-refractivity contribution in [2.75, 3.05) is 13.2 Å². The van der Waals surface area contributed by atoms with Crippen molar-refractivity contribution in [1.82, 2.24) is 0 Å². The van der Waals surface area contributed by atoms with Crippen LogP contribution in [0.4, 0.5) is 0 Å². The average Bonchev–Trinajstić information content (AvgIpc) is 2.41. The molecule has 1 aliphatic rings. The molecule has 1 saturated heterocycles. The van der Waals surface area contributed by atoms with Gasteiger partial charge in [-0.15, -0.1) is 11.8 Å². The summed E-state index contributed by atoms with van der Waals surface area (Å²) in [7, 11) is 0. The minimum Gasteiger partial charge on any atom is -0.381 e. The summed E-state index contributed by atoms with van der Waals surface area (Å²) in [6.07, 6.45) is 4.49. The van der Waals surface area contributed by atoms with Gasteiger partial charge in [0.25, 0.3) is 0 Å². The van der Waals surface area contributed by atoms with Crippen molar-refractivity contribution in [2.24, 2.45) is 5.41 Å². The van der Waals surface area contributed by atoms with Crippen molar-refractivity contribution in [2.45, 2.75) is 32.6 Å². The van der Waals surface area contributed by atoms with Crippen molar-refractivity contribution in [1.29, 1.82) is 0 Å². The highest BCUT2D eigenvalue weighted by Gasteiger charge is 2.29. The highest BCUT2D eigenvalue weighted by atomic mass is 16.5. The fourth-order valence-corrected chi connectivity index (χ4v) is 1.63. The van der Waals surface area contributed by atoms with Gasteiger partial charge in [0.1, 0.15) is 6.29 Å². The summed E-state index contributed by atoms with van der Waals surface area (Å²) in [4.78, 5) is 11.0. The molecule has 0 bridgehead atoms. The Kier molecular flexibility index (Phi) is 3.98. The maximum absolute atomic E-state index is 11.0. The van der Waals surface area contributed by atoms with E-state index in [1.807, 2.05) is 6.92 Å². The van der Waals surface area contributed by atoms with Gasteiger partial charge in [0.05, 0.1) is 0 Å². The lowest BCUT2D eigenvalue weighted by Gasteiger charge is -2.22. The normalized spacial score (nSPS) is 28.4. The third kappa shape index (κ3) is 2.86. The predicted octanol–water partition coefficient (Wildman–Crippen LogP) is 1.79. The second-order valence-corrected chi connectivity index (χ2v) is 3.55. The third-order valence-electron chi connectivity index (χ3n) is 2.57. The molecule has 0 N–H and O–H groups in total. The van der Waals surface area contributed by atoms with E-state index in [2.05, 4.69) is 11.8 Å². The van der Waals surface area contributed by atoms with Gasteiger partial charge in [0.15, 0.2) is 0 Å². The van der Waals surface area contributed by atoms with E-state index in [1.54, 1.807) is 0 Å². The van der Waals surface area contributed by atoms with E-state index in [9.17, 15) is 4.79 Å². The summed E-state index contributed by atoms with van der Waals surface area (Å²) < 4.78 is 5.32. The van der Waals surface area contributed by atoms with E-state index in [1.165, 1.54) is 0 Å². The Hall–Kier alpha value is -0.810. The minimum atomic E-state index is -0.223. The lowest BCUT2D eigenvalue weighted by Crippen LogP contribution is -2.22. The minimum absolute atomic E-state index is 0.223. The molecule has 1 fully saturated rings. The second-order valence-electron chi connectivity index (χ2n) is 3.55. The molecule has 2 nitrogen and oxygen atoms in total. The summed E-state index contributed by atoms with van der Waals surface area (Å²) in [6.45, 7) is 3.30. The molecule has 13 heavy (non-hydrogen) atoms. The maximum Gasteiger partial charge on any atom is 0.127 e. The van der Waals surface area contributed by atoms with Crippen LogP contribution in [-0.4, -0.2) is 19.5 Å². The zero-order valence-electron chi connectivity index (χ0n) is 8.14. The fraction of sp³-hybridized carbons (Fsp3) is 0.727. The van der Waals surface area contributed by atoms with Crippen molar-refractivity contribution in [3.8, 4) is 11.8 Å². The Morgan fingerprint density at radius 1 is 1.46 bits per heavy atom. The number of carbonyl (C=O) groups excluding carboxylic acids is 1. The lowest BCUT2D eigenvalue weighted by molar-refractivity contribution is -0.116. The Balaban J connectivity index is 2.62. The van der Waals surface area contributed by atoms with Gasteiger partial charge in [-0.2, -0.15) is 0 Å². The standard InChI is InChI=1S/C11H16O2/c1-2-3-5-11(10-12)6-4-8-13-9-7-11/h10H,4-9H2,1H3. The third-order valence-corrected chi connectivity index (χ3v) is 2.57. The molecule has 1 aliphatic heterocycles. The van der Waals surface area contributed by atoms with E-state index in [0.717, 1.165) is 32.2 Å². The number of carbonyl (C=O) groups is 1. The molecule has 0 aromatic rings. The van der Waals surface area contributed by atoms with E-state index in [-0.39, 0.29) is 5.41 Å². The molecule has 0 radical (unpaired) electrons. The fourth-order valence-electron chi connectivity index (χ4n) is 1.63. The lowest BCUT2D eigenvalue weighted by atomic mass is 9.79. The van der Waals surface area contributed by atoms with Gasteiger partial charge in [-0.05, 0) is 26.2 Å². The first-order valence-corrected chi connectivity index (χ1v) is 4.77. The molecule has 1 heterocycles. The Labute approximate surface area is 79.7 Å². The van der Waals surface area contributed by atoms with Gasteiger partial charge in [-0.1, -0.05) is 0 Å². The molecule has 72 valence electrons. The maximum atomic E-state index is 11.0. The number of rotatable bonds is 2. The van der Waals surface area contributed by atoms with Gasteiger partial charge in [-0.3, -0.25) is 0 Å². The molecule has 0 aromatic carbocycles. The van der Waals surface area contributed by atoms with Crippen LogP contribution in [0.5, 0.6) is 0 Å². The van der Waals surface area contributed by atoms with Crippen LogP contribution in [0.1, 0.15) is 32.6 Å². The Bertz CT molecular complexity index is 214. The van der Waals surface area contributed by atoms with Gasteiger partial charge in [0, 0.05) is 25.0 Å². The van der Waals surface area contributed by atoms with Crippen LogP contribution in [-0.2, 0) is 9.53 Å². The van der Waals surface area contributed by atoms with Crippen molar-refractivity contribution in [3.63, 3.8) is 0 Å². The SMILES string of the molecule is CC#CCC1(C=O)CCCOCC1. The van der Waals surface area contributed by atoms with Crippen LogP contribution in [0, 0.1) is 17.3 Å². The van der Waals surface area contributed by atoms with Crippen molar-refractivity contribution >= 4 is 6.29 Å². The molecule has 0 amide bonds. The first-order chi connectivity index (χ1) is 6.33. The second kappa shape index (κ2) is 5.04. The van der Waals surface area contributed by atoms with E-state index in [0.29, 0.717) is 13.0 Å². The average molecular weight is 180 g/mol. The molecule has 0 aromatic heterocycles. The van der Waals surface area contributed by atoms with Crippen LogP contribution >= 0.6 is 0 Å². The summed E-state index contributed by atoms with van der Waals surface area (Å²) in [5, 5.41) is 0. The first kappa shape index (κ1) is 10.3. The molecule has 1 atom stereocenters. The molecule has 0 saturated carbocycles. The van der Waals surface area contributed by atoms with Crippen LogP contribution in [0.2, 0.25) is 0 Å². The Morgan fingerprint density at radius 2 is 2.31 bits per heavy atom. The van der Waals surface area contributed by atoms with Gasteiger partial charge in [-0.25, -0.2) is 0 Å². The molecule has 1 unspecified atom stereocenters. The van der Waals surface area contributed by atoms with Gasteiger partial charge >= 0.3 is 0 Å². The van der Waals surface area contributed by atoms with Crippen molar-refractivity contribution < 1.29 is 9.53 Å². The highest BCUT2D eigenvalue weighted by molar-refractivity contribution is 5.60.